The van der Waals surface area contributed by atoms with Crippen molar-refractivity contribution in [3.8, 4) is 17.0 Å². The van der Waals surface area contributed by atoms with Crippen molar-refractivity contribution in [2.24, 2.45) is 0 Å². The SMILES string of the molecule is COC(=O)c1cccc(Cn2c(-c3cccc(Cl)c3)cc3cc(OC)ccc32)c1. The minimum atomic E-state index is -0.344. The highest BCUT2D eigenvalue weighted by Crippen LogP contribution is 2.32. The van der Waals surface area contributed by atoms with E-state index in [0.29, 0.717) is 17.1 Å². The Bertz CT molecular complexity index is 1200. The van der Waals surface area contributed by atoms with E-state index in [9.17, 15) is 4.79 Å². The van der Waals surface area contributed by atoms with Crippen LogP contribution in [0.25, 0.3) is 22.2 Å². The molecule has 4 nitrogen and oxygen atoms in total. The highest BCUT2D eigenvalue weighted by atomic mass is 35.5. The van der Waals surface area contributed by atoms with Gasteiger partial charge in [0, 0.05) is 28.2 Å². The molecule has 0 atom stereocenters. The Morgan fingerprint density at radius 2 is 1.79 bits per heavy atom. The average Bonchev–Trinajstić information content (AvgIpc) is 3.10. The van der Waals surface area contributed by atoms with Crippen molar-refractivity contribution in [1.29, 1.82) is 0 Å². The lowest BCUT2D eigenvalue weighted by Gasteiger charge is -2.13. The highest BCUT2D eigenvalue weighted by molar-refractivity contribution is 6.30. The number of methoxy groups -OCH3 is 2. The van der Waals surface area contributed by atoms with E-state index in [2.05, 4.69) is 10.6 Å². The van der Waals surface area contributed by atoms with E-state index >= 15 is 0 Å². The van der Waals surface area contributed by atoms with Crippen molar-refractivity contribution in [3.63, 3.8) is 0 Å². The predicted molar refractivity (Wildman–Crippen MR) is 116 cm³/mol. The van der Waals surface area contributed by atoms with Crippen LogP contribution in [0.5, 0.6) is 5.75 Å². The monoisotopic (exact) mass is 405 g/mol. The van der Waals surface area contributed by atoms with Crippen molar-refractivity contribution in [3.05, 3.63) is 88.9 Å². The van der Waals surface area contributed by atoms with Crippen molar-refractivity contribution < 1.29 is 14.3 Å². The Kier molecular flexibility index (Phi) is 5.28. The topological polar surface area (TPSA) is 40.5 Å². The molecule has 29 heavy (non-hydrogen) atoms. The second-order valence-electron chi connectivity index (χ2n) is 6.74. The second-order valence-corrected chi connectivity index (χ2v) is 7.18. The molecular formula is C24H20ClNO3. The summed E-state index contributed by atoms with van der Waals surface area (Å²) >= 11 is 6.24. The van der Waals surface area contributed by atoms with Gasteiger partial charge in [-0.2, -0.15) is 0 Å². The Morgan fingerprint density at radius 3 is 2.55 bits per heavy atom. The fraction of sp³-hybridized carbons (Fsp3) is 0.125. The van der Waals surface area contributed by atoms with Crippen molar-refractivity contribution in [2.45, 2.75) is 6.54 Å². The zero-order valence-corrected chi connectivity index (χ0v) is 16.9. The van der Waals surface area contributed by atoms with Crippen LogP contribution >= 0.6 is 11.6 Å². The van der Waals surface area contributed by atoms with Gasteiger partial charge in [-0.1, -0.05) is 35.9 Å². The summed E-state index contributed by atoms with van der Waals surface area (Å²) in [6.45, 7) is 0.600. The Labute approximate surface area is 174 Å². The van der Waals surface area contributed by atoms with Crippen LogP contribution < -0.4 is 4.74 Å². The lowest BCUT2D eigenvalue weighted by molar-refractivity contribution is 0.0600. The molecule has 0 spiro atoms. The molecule has 4 aromatic rings. The molecule has 3 aromatic carbocycles. The maximum absolute atomic E-state index is 11.9. The van der Waals surface area contributed by atoms with Crippen LogP contribution in [0, 0.1) is 0 Å². The molecule has 0 bridgehead atoms. The van der Waals surface area contributed by atoms with Crippen LogP contribution in [0.15, 0.2) is 72.8 Å². The van der Waals surface area contributed by atoms with Gasteiger partial charge in [0.1, 0.15) is 5.75 Å². The molecule has 0 amide bonds. The minimum absolute atomic E-state index is 0.344. The number of ether oxygens (including phenoxy) is 2. The van der Waals surface area contributed by atoms with Crippen LogP contribution in [-0.2, 0) is 11.3 Å². The number of esters is 1. The van der Waals surface area contributed by atoms with E-state index in [-0.39, 0.29) is 5.97 Å². The molecule has 1 heterocycles. The number of halogens is 1. The van der Waals surface area contributed by atoms with Crippen molar-refractivity contribution in [1.82, 2.24) is 4.57 Å². The van der Waals surface area contributed by atoms with Crippen LogP contribution in [0.3, 0.4) is 0 Å². The van der Waals surface area contributed by atoms with E-state index < -0.39 is 0 Å². The first kappa shape index (κ1) is 19.1. The molecule has 0 aliphatic carbocycles. The van der Waals surface area contributed by atoms with E-state index in [1.165, 1.54) is 7.11 Å². The Hall–Kier alpha value is -3.24. The first-order valence-electron chi connectivity index (χ1n) is 9.19. The van der Waals surface area contributed by atoms with Gasteiger partial charge in [0.15, 0.2) is 0 Å². The summed E-state index contributed by atoms with van der Waals surface area (Å²) in [5.41, 5.74) is 4.68. The summed E-state index contributed by atoms with van der Waals surface area (Å²) in [5, 5.41) is 1.76. The zero-order chi connectivity index (χ0) is 20.4. The van der Waals surface area contributed by atoms with E-state index in [4.69, 9.17) is 21.1 Å². The summed E-state index contributed by atoms with van der Waals surface area (Å²) in [4.78, 5) is 11.9. The van der Waals surface area contributed by atoms with Gasteiger partial charge < -0.3 is 14.0 Å². The third kappa shape index (κ3) is 3.84. The summed E-state index contributed by atoms with van der Waals surface area (Å²) in [5.74, 6) is 0.462. The second kappa shape index (κ2) is 8.02. The lowest BCUT2D eigenvalue weighted by Crippen LogP contribution is -2.05. The molecule has 4 rings (SSSR count). The fourth-order valence-electron chi connectivity index (χ4n) is 3.53. The molecule has 146 valence electrons. The summed E-state index contributed by atoms with van der Waals surface area (Å²) < 4.78 is 12.5. The van der Waals surface area contributed by atoms with Gasteiger partial charge in [-0.05, 0) is 59.7 Å². The quantitative estimate of drug-likeness (QED) is 0.393. The third-order valence-corrected chi connectivity index (χ3v) is 5.15. The number of aromatic nitrogens is 1. The number of hydrogen-bond donors (Lipinski definition) is 0. The van der Waals surface area contributed by atoms with E-state index in [1.54, 1.807) is 13.2 Å². The molecule has 0 aliphatic rings. The third-order valence-electron chi connectivity index (χ3n) is 4.92. The van der Waals surface area contributed by atoms with Crippen molar-refractivity contribution in [2.75, 3.05) is 14.2 Å². The number of fused-ring (bicyclic) bond motifs is 1. The number of nitrogens with zero attached hydrogens (tertiary/aromatic N) is 1. The molecule has 0 N–H and O–H groups in total. The lowest BCUT2D eigenvalue weighted by atomic mass is 10.1. The summed E-state index contributed by atoms with van der Waals surface area (Å²) in [6.07, 6.45) is 0. The zero-order valence-electron chi connectivity index (χ0n) is 16.2. The summed E-state index contributed by atoms with van der Waals surface area (Å²) in [7, 11) is 3.05. The summed E-state index contributed by atoms with van der Waals surface area (Å²) in [6, 6.07) is 23.4. The molecule has 0 saturated heterocycles. The van der Waals surface area contributed by atoms with Gasteiger partial charge >= 0.3 is 5.97 Å². The molecule has 1 aromatic heterocycles. The smallest absolute Gasteiger partial charge is 0.337 e. The normalized spacial score (nSPS) is 10.9. The molecule has 0 fully saturated rings. The maximum atomic E-state index is 11.9. The molecule has 0 saturated carbocycles. The van der Waals surface area contributed by atoms with Crippen LogP contribution in [0.1, 0.15) is 15.9 Å². The first-order chi connectivity index (χ1) is 14.1. The molecule has 0 unspecified atom stereocenters. The minimum Gasteiger partial charge on any atom is -0.497 e. The van der Waals surface area contributed by atoms with Gasteiger partial charge in [-0.15, -0.1) is 0 Å². The standard InChI is InChI=1S/C24H20ClNO3/c1-28-21-9-10-22-19(13-21)14-23(17-6-4-8-20(25)12-17)26(22)15-16-5-3-7-18(11-16)24(27)29-2/h3-14H,15H2,1-2H3. The average molecular weight is 406 g/mol. The molecule has 0 radical (unpaired) electrons. The first-order valence-corrected chi connectivity index (χ1v) is 9.57. The van der Waals surface area contributed by atoms with Crippen LogP contribution in [0.2, 0.25) is 5.02 Å². The molecule has 5 heteroatoms. The van der Waals surface area contributed by atoms with Gasteiger partial charge in [-0.25, -0.2) is 4.79 Å². The van der Waals surface area contributed by atoms with Crippen LogP contribution in [-0.4, -0.2) is 24.8 Å². The molecular weight excluding hydrogens is 386 g/mol. The van der Waals surface area contributed by atoms with Gasteiger partial charge in [-0.3, -0.25) is 0 Å². The maximum Gasteiger partial charge on any atom is 0.337 e. The number of carbonyl (C=O) groups excluding carboxylic acids is 1. The largest absolute Gasteiger partial charge is 0.497 e. The predicted octanol–water partition coefficient (Wildman–Crippen LogP) is 5.81. The number of benzene rings is 3. The number of hydrogen-bond acceptors (Lipinski definition) is 3. The van der Waals surface area contributed by atoms with E-state index in [1.807, 2.05) is 60.7 Å². The van der Waals surface area contributed by atoms with Gasteiger partial charge in [0.25, 0.3) is 0 Å². The number of rotatable bonds is 5. The van der Waals surface area contributed by atoms with Gasteiger partial charge in [0.2, 0.25) is 0 Å². The molecule has 0 aliphatic heterocycles. The fourth-order valence-corrected chi connectivity index (χ4v) is 3.72. The highest BCUT2D eigenvalue weighted by Gasteiger charge is 2.14. The van der Waals surface area contributed by atoms with Crippen molar-refractivity contribution >= 4 is 28.5 Å². The Morgan fingerprint density at radius 1 is 0.966 bits per heavy atom. The number of carbonyl (C=O) groups is 1. The Balaban J connectivity index is 1.86. The van der Waals surface area contributed by atoms with E-state index in [0.717, 1.165) is 33.5 Å². The van der Waals surface area contributed by atoms with Gasteiger partial charge in [0.05, 0.1) is 19.8 Å². The van der Waals surface area contributed by atoms with Crippen LogP contribution in [0.4, 0.5) is 0 Å².